The third-order valence-electron chi connectivity index (χ3n) is 4.44. The van der Waals surface area contributed by atoms with Crippen LogP contribution in [-0.2, 0) is 11.3 Å². The number of thioether (sulfide) groups is 1. The highest BCUT2D eigenvalue weighted by Crippen LogP contribution is 2.31. The Morgan fingerprint density at radius 3 is 2.69 bits per heavy atom. The van der Waals surface area contributed by atoms with E-state index in [2.05, 4.69) is 39.9 Å². The van der Waals surface area contributed by atoms with E-state index in [9.17, 15) is 9.59 Å². The van der Waals surface area contributed by atoms with E-state index >= 15 is 0 Å². The quantitative estimate of drug-likeness (QED) is 0.347. The van der Waals surface area contributed by atoms with E-state index in [1.807, 2.05) is 23.1 Å². The number of rotatable bonds is 8. The van der Waals surface area contributed by atoms with Crippen molar-refractivity contribution in [2.45, 2.75) is 50.7 Å². The third-order valence-corrected chi connectivity index (χ3v) is 5.47. The number of nitrogens with zero attached hydrogens (tertiary/aromatic N) is 3. The lowest BCUT2D eigenvalue weighted by molar-refractivity contribution is -0.119. The van der Waals surface area contributed by atoms with Crippen LogP contribution in [0.1, 0.15) is 60.8 Å². The second-order valence-corrected chi connectivity index (χ2v) is 8.60. The van der Waals surface area contributed by atoms with Gasteiger partial charge in [-0.05, 0) is 42.9 Å². The van der Waals surface area contributed by atoms with E-state index < -0.39 is 0 Å². The minimum absolute atomic E-state index is 0.0102. The molecule has 0 aliphatic heterocycles. The highest BCUT2D eigenvalue weighted by atomic mass is 79.9. The van der Waals surface area contributed by atoms with Crippen molar-refractivity contribution in [3.05, 3.63) is 39.6 Å². The summed E-state index contributed by atoms with van der Waals surface area (Å²) in [7, 11) is 0. The molecule has 1 aliphatic carbocycles. The molecule has 1 aliphatic rings. The Morgan fingerprint density at radius 1 is 1.35 bits per heavy atom. The first-order valence-electron chi connectivity index (χ1n) is 8.72. The summed E-state index contributed by atoms with van der Waals surface area (Å²) in [5, 5.41) is 5.27. The van der Waals surface area contributed by atoms with E-state index in [4.69, 9.17) is 0 Å². The van der Waals surface area contributed by atoms with Gasteiger partial charge in [0.15, 0.2) is 5.78 Å². The SMILES string of the molecule is CSc1nc(C(C)C)n(Cc2cc(Br)ccc2C(=O)CC(=O)C2CC2)n1. The van der Waals surface area contributed by atoms with E-state index in [0.29, 0.717) is 12.1 Å². The highest BCUT2D eigenvalue weighted by molar-refractivity contribution is 9.10. The van der Waals surface area contributed by atoms with E-state index in [-0.39, 0.29) is 29.8 Å². The maximum absolute atomic E-state index is 12.7. The van der Waals surface area contributed by atoms with Gasteiger partial charge in [-0.25, -0.2) is 9.67 Å². The van der Waals surface area contributed by atoms with Crippen LogP contribution in [0.2, 0.25) is 0 Å². The van der Waals surface area contributed by atoms with Crippen molar-refractivity contribution < 1.29 is 9.59 Å². The smallest absolute Gasteiger partial charge is 0.208 e. The second-order valence-electron chi connectivity index (χ2n) is 6.91. The molecule has 0 radical (unpaired) electrons. The van der Waals surface area contributed by atoms with Crippen LogP contribution in [0.4, 0.5) is 0 Å². The molecule has 26 heavy (non-hydrogen) atoms. The fourth-order valence-electron chi connectivity index (χ4n) is 2.89. The number of aromatic nitrogens is 3. The van der Waals surface area contributed by atoms with Crippen LogP contribution in [0.15, 0.2) is 27.8 Å². The minimum Gasteiger partial charge on any atom is -0.299 e. The first-order valence-corrected chi connectivity index (χ1v) is 10.7. The molecule has 2 aromatic rings. The number of carbonyl (C=O) groups excluding carboxylic acids is 2. The molecule has 1 aromatic heterocycles. The molecule has 0 atom stereocenters. The van der Waals surface area contributed by atoms with Crippen LogP contribution >= 0.6 is 27.7 Å². The van der Waals surface area contributed by atoms with E-state index in [1.165, 1.54) is 11.8 Å². The lowest BCUT2D eigenvalue weighted by Gasteiger charge is -2.12. The van der Waals surface area contributed by atoms with Crippen LogP contribution in [-0.4, -0.2) is 32.6 Å². The summed E-state index contributed by atoms with van der Waals surface area (Å²) in [5.74, 6) is 1.18. The maximum atomic E-state index is 12.7. The number of hydrogen-bond donors (Lipinski definition) is 0. The van der Waals surface area contributed by atoms with Crippen molar-refractivity contribution in [2.24, 2.45) is 5.92 Å². The average Bonchev–Trinajstić information content (AvgIpc) is 3.36. The number of hydrogen-bond acceptors (Lipinski definition) is 5. The van der Waals surface area contributed by atoms with Crippen molar-refractivity contribution >= 4 is 39.3 Å². The predicted octanol–water partition coefficient (Wildman–Crippen LogP) is 4.49. The Hall–Kier alpha value is -1.47. The summed E-state index contributed by atoms with van der Waals surface area (Å²) in [5.41, 5.74) is 1.45. The summed E-state index contributed by atoms with van der Waals surface area (Å²) in [6, 6.07) is 5.57. The highest BCUT2D eigenvalue weighted by Gasteiger charge is 2.31. The minimum atomic E-state index is -0.110. The Labute approximate surface area is 166 Å². The maximum Gasteiger partial charge on any atom is 0.208 e. The van der Waals surface area contributed by atoms with Gasteiger partial charge in [0, 0.05) is 21.9 Å². The Morgan fingerprint density at radius 2 is 2.08 bits per heavy atom. The van der Waals surface area contributed by atoms with Crippen LogP contribution in [0.5, 0.6) is 0 Å². The summed E-state index contributed by atoms with van der Waals surface area (Å²) in [4.78, 5) is 29.3. The Balaban J connectivity index is 1.89. The summed E-state index contributed by atoms with van der Waals surface area (Å²) >= 11 is 4.98. The van der Waals surface area contributed by atoms with Gasteiger partial charge in [0.25, 0.3) is 0 Å². The van der Waals surface area contributed by atoms with Crippen LogP contribution in [0, 0.1) is 5.92 Å². The van der Waals surface area contributed by atoms with Gasteiger partial charge in [-0.3, -0.25) is 9.59 Å². The topological polar surface area (TPSA) is 64.8 Å². The molecule has 0 bridgehead atoms. The molecule has 0 N–H and O–H groups in total. The van der Waals surface area contributed by atoms with Crippen LogP contribution < -0.4 is 0 Å². The zero-order chi connectivity index (χ0) is 18.8. The molecule has 0 amide bonds. The van der Waals surface area contributed by atoms with Crippen molar-refractivity contribution in [1.29, 1.82) is 0 Å². The molecular weight excluding hydrogens is 414 g/mol. The van der Waals surface area contributed by atoms with E-state index in [0.717, 1.165) is 33.9 Å². The molecule has 3 rings (SSSR count). The fraction of sp³-hybridized carbons (Fsp3) is 0.474. The molecule has 1 fully saturated rings. The molecule has 0 unspecified atom stereocenters. The third kappa shape index (κ3) is 4.43. The van der Waals surface area contributed by atoms with Crippen molar-refractivity contribution in [3.63, 3.8) is 0 Å². The monoisotopic (exact) mass is 435 g/mol. The molecular formula is C19H22BrN3O2S. The molecule has 0 spiro atoms. The molecule has 0 saturated heterocycles. The zero-order valence-electron chi connectivity index (χ0n) is 15.2. The van der Waals surface area contributed by atoms with Gasteiger partial charge in [-0.2, -0.15) is 0 Å². The largest absolute Gasteiger partial charge is 0.299 e. The first kappa shape index (κ1) is 19.3. The van der Waals surface area contributed by atoms with Gasteiger partial charge in [0.2, 0.25) is 5.16 Å². The Bertz CT molecular complexity index is 843. The number of benzene rings is 1. The normalized spacial score (nSPS) is 14.0. The van der Waals surface area contributed by atoms with Gasteiger partial charge < -0.3 is 0 Å². The van der Waals surface area contributed by atoms with Crippen LogP contribution in [0.3, 0.4) is 0 Å². The van der Waals surface area contributed by atoms with Gasteiger partial charge in [0.1, 0.15) is 11.6 Å². The van der Waals surface area contributed by atoms with Gasteiger partial charge in [0.05, 0.1) is 13.0 Å². The molecule has 138 valence electrons. The summed E-state index contributed by atoms with van der Waals surface area (Å²) in [6.07, 6.45) is 3.78. The Kier molecular flexibility index (Phi) is 5.97. The van der Waals surface area contributed by atoms with Crippen molar-refractivity contribution in [3.8, 4) is 0 Å². The molecule has 1 aromatic carbocycles. The molecule has 1 saturated carbocycles. The molecule has 7 heteroatoms. The average molecular weight is 436 g/mol. The number of ketones is 2. The molecule has 1 heterocycles. The second kappa shape index (κ2) is 8.05. The first-order chi connectivity index (χ1) is 12.4. The van der Waals surface area contributed by atoms with Crippen molar-refractivity contribution in [2.75, 3.05) is 6.26 Å². The predicted molar refractivity (Wildman–Crippen MR) is 106 cm³/mol. The summed E-state index contributed by atoms with van der Waals surface area (Å²) < 4.78 is 2.76. The number of halogens is 1. The lowest BCUT2D eigenvalue weighted by Crippen LogP contribution is -2.15. The zero-order valence-corrected chi connectivity index (χ0v) is 17.6. The van der Waals surface area contributed by atoms with Gasteiger partial charge in [-0.15, -0.1) is 5.10 Å². The van der Waals surface area contributed by atoms with Gasteiger partial charge in [-0.1, -0.05) is 41.5 Å². The number of Topliss-reactive ketones (excluding diaryl/α,β-unsaturated/α-hetero) is 2. The van der Waals surface area contributed by atoms with Crippen LogP contribution in [0.25, 0.3) is 0 Å². The van der Waals surface area contributed by atoms with E-state index in [1.54, 1.807) is 6.07 Å². The standard InChI is InChI=1S/C19H22BrN3O2S/c1-11(2)18-21-19(26-3)22-23(18)10-13-8-14(20)6-7-15(13)17(25)9-16(24)12-4-5-12/h6-8,11-12H,4-5,9-10H2,1-3H3. The summed E-state index contributed by atoms with van der Waals surface area (Å²) in [6.45, 7) is 4.61. The van der Waals surface area contributed by atoms with Gasteiger partial charge >= 0.3 is 0 Å². The fourth-order valence-corrected chi connectivity index (χ4v) is 3.67. The lowest BCUT2D eigenvalue weighted by atomic mass is 9.99. The molecule has 5 nitrogen and oxygen atoms in total. The number of carbonyl (C=O) groups is 2. The van der Waals surface area contributed by atoms with Crippen molar-refractivity contribution in [1.82, 2.24) is 14.8 Å².